The Morgan fingerprint density at radius 3 is 2.34 bits per heavy atom. The van der Waals surface area contributed by atoms with E-state index in [0.717, 1.165) is 10.9 Å². The van der Waals surface area contributed by atoms with E-state index in [1.54, 1.807) is 12.1 Å². The standard InChI is InChI=1S/C27H30N4O7/c1-36-20-11-15(12-21(37-2)24(20)38-3)22-23(27(35)30-26(22)34)17-13-31(19-8-5-4-7-16(17)19)10-6-9-29-25(33)18(28)14-32/h4-5,7-8,11-13,18,32H,6,9-10,14,28H2,1-3H3,(H,29,33)(H,30,34,35). The number of aromatic nitrogens is 1. The molecule has 4 rings (SSSR count). The molecule has 0 saturated carbocycles. The summed E-state index contributed by atoms with van der Waals surface area (Å²) in [6.07, 6.45) is 2.41. The SMILES string of the molecule is COc1cc(C2=C(c3cn(CCCNC(=O)C(N)CO)c4ccccc34)C(=O)NC2=O)cc(OC)c1OC. The Hall–Kier alpha value is -4.35. The summed E-state index contributed by atoms with van der Waals surface area (Å²) in [4.78, 5) is 38.0. The molecule has 200 valence electrons. The number of hydrogen-bond acceptors (Lipinski definition) is 8. The summed E-state index contributed by atoms with van der Waals surface area (Å²) in [6, 6.07) is 9.86. The van der Waals surface area contributed by atoms with E-state index in [1.807, 2.05) is 35.0 Å². The number of carbonyl (C=O) groups excluding carboxylic acids is 3. The van der Waals surface area contributed by atoms with Crippen molar-refractivity contribution in [3.63, 3.8) is 0 Å². The Morgan fingerprint density at radius 1 is 1.05 bits per heavy atom. The van der Waals surface area contributed by atoms with Crippen LogP contribution in [0.15, 0.2) is 42.6 Å². The van der Waals surface area contributed by atoms with Crippen LogP contribution in [0.5, 0.6) is 17.2 Å². The van der Waals surface area contributed by atoms with E-state index in [2.05, 4.69) is 10.6 Å². The largest absolute Gasteiger partial charge is 0.493 e. The molecule has 0 radical (unpaired) electrons. The van der Waals surface area contributed by atoms with Crippen LogP contribution in [0.1, 0.15) is 17.5 Å². The maximum atomic E-state index is 13.1. The second-order valence-electron chi connectivity index (χ2n) is 8.63. The highest BCUT2D eigenvalue weighted by molar-refractivity contribution is 6.50. The smallest absolute Gasteiger partial charge is 0.259 e. The molecule has 3 amide bonds. The van der Waals surface area contributed by atoms with Gasteiger partial charge in [-0.05, 0) is 30.2 Å². The number of para-hydroxylation sites is 1. The van der Waals surface area contributed by atoms with E-state index in [9.17, 15) is 14.4 Å². The number of rotatable bonds is 11. The van der Waals surface area contributed by atoms with E-state index in [0.29, 0.717) is 47.9 Å². The third-order valence-electron chi connectivity index (χ3n) is 6.35. The number of aliphatic hydroxyl groups excluding tert-OH is 1. The first-order valence-electron chi connectivity index (χ1n) is 12.0. The molecule has 0 aliphatic carbocycles. The van der Waals surface area contributed by atoms with Crippen LogP contribution in [0.25, 0.3) is 22.0 Å². The lowest BCUT2D eigenvalue weighted by molar-refractivity contribution is -0.124. The molecule has 5 N–H and O–H groups in total. The minimum Gasteiger partial charge on any atom is -0.493 e. The van der Waals surface area contributed by atoms with Gasteiger partial charge >= 0.3 is 0 Å². The van der Waals surface area contributed by atoms with Crippen LogP contribution in [0.3, 0.4) is 0 Å². The van der Waals surface area contributed by atoms with Crippen molar-refractivity contribution in [2.75, 3.05) is 34.5 Å². The number of fused-ring (bicyclic) bond motifs is 1. The monoisotopic (exact) mass is 522 g/mol. The summed E-state index contributed by atoms with van der Waals surface area (Å²) >= 11 is 0. The van der Waals surface area contributed by atoms with Gasteiger partial charge in [-0.3, -0.25) is 19.7 Å². The fourth-order valence-corrected chi connectivity index (χ4v) is 4.52. The third kappa shape index (κ3) is 4.93. The van der Waals surface area contributed by atoms with E-state index in [-0.39, 0.29) is 11.1 Å². The van der Waals surface area contributed by atoms with Crippen LogP contribution in [0, 0.1) is 0 Å². The zero-order valence-electron chi connectivity index (χ0n) is 21.4. The van der Waals surface area contributed by atoms with Crippen molar-refractivity contribution in [1.82, 2.24) is 15.2 Å². The van der Waals surface area contributed by atoms with Crippen molar-refractivity contribution >= 4 is 39.8 Å². The summed E-state index contributed by atoms with van der Waals surface area (Å²) < 4.78 is 18.3. The van der Waals surface area contributed by atoms with Crippen molar-refractivity contribution in [2.24, 2.45) is 5.73 Å². The van der Waals surface area contributed by atoms with Gasteiger partial charge < -0.3 is 34.9 Å². The lowest BCUT2D eigenvalue weighted by atomic mass is 9.95. The Morgan fingerprint density at radius 2 is 1.71 bits per heavy atom. The molecule has 11 nitrogen and oxygen atoms in total. The van der Waals surface area contributed by atoms with E-state index in [1.165, 1.54) is 21.3 Å². The number of nitrogens with one attached hydrogen (secondary N) is 2. The molecule has 0 saturated heterocycles. The number of hydrogen-bond donors (Lipinski definition) is 4. The number of benzene rings is 2. The fourth-order valence-electron chi connectivity index (χ4n) is 4.52. The van der Waals surface area contributed by atoms with Gasteiger partial charge in [-0.25, -0.2) is 0 Å². The maximum absolute atomic E-state index is 13.1. The van der Waals surface area contributed by atoms with Crippen molar-refractivity contribution in [1.29, 1.82) is 0 Å². The molecular weight excluding hydrogens is 492 g/mol. The number of aryl methyl sites for hydroxylation is 1. The third-order valence-corrected chi connectivity index (χ3v) is 6.35. The van der Waals surface area contributed by atoms with Crippen LogP contribution in [-0.4, -0.2) is 67.9 Å². The van der Waals surface area contributed by atoms with Crippen molar-refractivity contribution in [2.45, 2.75) is 19.0 Å². The predicted molar refractivity (Wildman–Crippen MR) is 141 cm³/mol. The number of methoxy groups -OCH3 is 3. The number of carbonyl (C=O) groups is 3. The molecular formula is C27H30N4O7. The van der Waals surface area contributed by atoms with Crippen LogP contribution in [-0.2, 0) is 20.9 Å². The molecule has 0 spiro atoms. The average Bonchev–Trinajstić information content (AvgIpc) is 3.44. The van der Waals surface area contributed by atoms with Gasteiger partial charge in [0.15, 0.2) is 11.5 Å². The van der Waals surface area contributed by atoms with Gasteiger partial charge in [0.05, 0.1) is 39.1 Å². The lowest BCUT2D eigenvalue weighted by Crippen LogP contribution is -2.43. The van der Waals surface area contributed by atoms with Gasteiger partial charge in [0.2, 0.25) is 11.7 Å². The number of ether oxygens (including phenoxy) is 3. The number of nitrogens with zero attached hydrogens (tertiary/aromatic N) is 1. The summed E-state index contributed by atoms with van der Waals surface area (Å²) in [6.45, 7) is 0.450. The molecule has 0 bridgehead atoms. The number of imide groups is 1. The van der Waals surface area contributed by atoms with E-state index < -0.39 is 30.4 Å². The van der Waals surface area contributed by atoms with Crippen molar-refractivity contribution in [3.05, 3.63) is 53.7 Å². The Labute approximate surface area is 219 Å². The van der Waals surface area contributed by atoms with Crippen molar-refractivity contribution < 1.29 is 33.7 Å². The first-order chi connectivity index (χ1) is 18.3. The molecule has 2 heterocycles. The quantitative estimate of drug-likeness (QED) is 0.215. The zero-order chi connectivity index (χ0) is 27.4. The Balaban J connectivity index is 1.76. The second-order valence-corrected chi connectivity index (χ2v) is 8.63. The first-order valence-corrected chi connectivity index (χ1v) is 12.0. The average molecular weight is 523 g/mol. The van der Waals surface area contributed by atoms with Crippen molar-refractivity contribution in [3.8, 4) is 17.2 Å². The molecule has 1 aliphatic rings. The van der Waals surface area contributed by atoms with Gasteiger partial charge in [-0.1, -0.05) is 18.2 Å². The first kappa shape index (κ1) is 26.7. The topological polar surface area (TPSA) is 154 Å². The molecule has 0 fully saturated rings. The lowest BCUT2D eigenvalue weighted by Gasteiger charge is -2.14. The summed E-state index contributed by atoms with van der Waals surface area (Å²) in [7, 11) is 4.44. The molecule has 1 aromatic heterocycles. The van der Waals surface area contributed by atoms with Gasteiger partial charge in [-0.2, -0.15) is 0 Å². The minimum atomic E-state index is -0.965. The zero-order valence-corrected chi connectivity index (χ0v) is 21.4. The molecule has 11 heteroatoms. The minimum absolute atomic E-state index is 0.197. The fraction of sp³-hybridized carbons (Fsp3) is 0.296. The normalized spacial score (nSPS) is 14.0. The highest BCUT2D eigenvalue weighted by Gasteiger charge is 2.35. The molecule has 38 heavy (non-hydrogen) atoms. The van der Waals surface area contributed by atoms with E-state index in [4.69, 9.17) is 25.1 Å². The Kier molecular flexibility index (Phi) is 7.99. The molecule has 1 atom stereocenters. The van der Waals surface area contributed by atoms with Gasteiger partial charge in [-0.15, -0.1) is 0 Å². The molecule has 1 unspecified atom stereocenters. The highest BCUT2D eigenvalue weighted by atomic mass is 16.5. The molecule has 2 aromatic carbocycles. The van der Waals surface area contributed by atoms with Gasteiger partial charge in [0.1, 0.15) is 6.04 Å². The van der Waals surface area contributed by atoms with Crippen LogP contribution in [0.4, 0.5) is 0 Å². The molecule has 3 aromatic rings. The van der Waals surface area contributed by atoms with Gasteiger partial charge in [0.25, 0.3) is 11.8 Å². The van der Waals surface area contributed by atoms with E-state index >= 15 is 0 Å². The summed E-state index contributed by atoms with van der Waals surface area (Å²) in [5, 5.41) is 14.9. The molecule has 1 aliphatic heterocycles. The number of nitrogens with two attached hydrogens (primary N) is 1. The van der Waals surface area contributed by atoms with Crippen LogP contribution in [0.2, 0.25) is 0 Å². The number of aliphatic hydroxyl groups is 1. The predicted octanol–water partition coefficient (Wildman–Crippen LogP) is 1.06. The summed E-state index contributed by atoms with van der Waals surface area (Å²) in [5.74, 6) is -0.385. The van der Waals surface area contributed by atoms with Crippen LogP contribution < -0.4 is 30.6 Å². The number of amides is 3. The maximum Gasteiger partial charge on any atom is 0.259 e. The Bertz CT molecular complexity index is 1400. The van der Waals surface area contributed by atoms with Gasteiger partial charge in [0, 0.05) is 35.8 Å². The summed E-state index contributed by atoms with van der Waals surface area (Å²) in [5.41, 5.74) is 7.87. The van der Waals surface area contributed by atoms with Crippen LogP contribution >= 0.6 is 0 Å². The highest BCUT2D eigenvalue weighted by Crippen LogP contribution is 2.43. The second kappa shape index (κ2) is 11.4.